The summed E-state index contributed by atoms with van der Waals surface area (Å²) in [7, 11) is 0. The minimum absolute atomic E-state index is 0.247. The van der Waals surface area contributed by atoms with Crippen LogP contribution in [-0.2, 0) is 6.42 Å². The third kappa shape index (κ3) is 6.74. The van der Waals surface area contributed by atoms with Crippen molar-refractivity contribution in [1.29, 1.82) is 0 Å². The van der Waals surface area contributed by atoms with Crippen LogP contribution in [0.25, 0.3) is 0 Å². The summed E-state index contributed by atoms with van der Waals surface area (Å²) in [5.74, 6) is 0.918. The fraction of sp³-hybridized carbons (Fsp3) is 0.538. The highest BCUT2D eigenvalue weighted by Gasteiger charge is 2.28. The van der Waals surface area contributed by atoms with E-state index in [4.69, 9.17) is 11.6 Å². The molecule has 1 aromatic rings. The highest BCUT2D eigenvalue weighted by Crippen LogP contribution is 2.19. The number of unbranched alkanes of at least 4 members (excludes halogenated alkanes) is 2. The highest BCUT2D eigenvalue weighted by molar-refractivity contribution is 6.17. The predicted octanol–water partition coefficient (Wildman–Crippen LogP) is 4.58. The third-order valence-corrected chi connectivity index (χ3v) is 2.69. The Morgan fingerprint density at radius 2 is 1.67 bits per heavy atom. The second-order valence-corrected chi connectivity index (χ2v) is 4.43. The summed E-state index contributed by atoms with van der Waals surface area (Å²) in [6, 6.07) is 6.74. The average molecular weight is 281 g/mol. The van der Waals surface area contributed by atoms with Gasteiger partial charge in [-0.1, -0.05) is 18.6 Å². The lowest BCUT2D eigenvalue weighted by Crippen LogP contribution is -2.19. The lowest BCUT2D eigenvalue weighted by atomic mass is 10.1. The molecule has 1 aromatic carbocycles. The molecule has 0 aliphatic rings. The van der Waals surface area contributed by atoms with Crippen LogP contribution in [0.2, 0.25) is 0 Å². The van der Waals surface area contributed by atoms with Crippen molar-refractivity contribution in [1.82, 2.24) is 0 Å². The van der Waals surface area contributed by atoms with Gasteiger partial charge in [0.2, 0.25) is 0 Å². The Balaban J connectivity index is 2.33. The van der Waals surface area contributed by atoms with Crippen LogP contribution in [0.15, 0.2) is 24.3 Å². The first-order valence-corrected chi connectivity index (χ1v) is 6.39. The molecule has 0 fully saturated rings. The summed E-state index contributed by atoms with van der Waals surface area (Å²) >= 11 is 5.57. The van der Waals surface area contributed by atoms with Gasteiger partial charge in [-0.15, -0.1) is 11.6 Å². The Kier molecular flexibility index (Phi) is 6.33. The molecule has 0 aromatic heterocycles. The normalized spacial score (nSPS) is 11.6. The lowest BCUT2D eigenvalue weighted by Gasteiger charge is -2.09. The number of hydrogen-bond acceptors (Lipinski definition) is 1. The van der Waals surface area contributed by atoms with Gasteiger partial charge in [0.1, 0.15) is 5.75 Å². The molecule has 0 radical (unpaired) electrons. The van der Waals surface area contributed by atoms with E-state index in [2.05, 4.69) is 4.74 Å². The van der Waals surface area contributed by atoms with Crippen molar-refractivity contribution >= 4 is 11.6 Å². The Bertz CT molecular complexity index is 335. The second-order valence-electron chi connectivity index (χ2n) is 4.05. The molecule has 0 spiro atoms. The number of aryl methyl sites for hydroxylation is 1. The maximum Gasteiger partial charge on any atom is 0.422 e. The molecule has 0 atom stereocenters. The number of alkyl halides is 4. The van der Waals surface area contributed by atoms with Crippen LogP contribution in [-0.4, -0.2) is 18.7 Å². The molecule has 1 nitrogen and oxygen atoms in total. The van der Waals surface area contributed by atoms with Gasteiger partial charge in [-0.3, -0.25) is 0 Å². The van der Waals surface area contributed by atoms with Crippen molar-refractivity contribution in [2.75, 3.05) is 12.5 Å². The van der Waals surface area contributed by atoms with Crippen molar-refractivity contribution in [3.8, 4) is 5.75 Å². The molecule has 0 unspecified atom stereocenters. The van der Waals surface area contributed by atoms with E-state index in [0.29, 0.717) is 5.88 Å². The van der Waals surface area contributed by atoms with Crippen LogP contribution in [0.1, 0.15) is 24.8 Å². The van der Waals surface area contributed by atoms with E-state index in [1.165, 1.54) is 0 Å². The van der Waals surface area contributed by atoms with E-state index in [9.17, 15) is 13.2 Å². The van der Waals surface area contributed by atoms with Crippen molar-refractivity contribution in [3.63, 3.8) is 0 Å². The smallest absolute Gasteiger partial charge is 0.422 e. The number of hydrogen-bond donors (Lipinski definition) is 0. The molecule has 0 aliphatic heterocycles. The Hall–Kier alpha value is -0.900. The molecule has 0 aliphatic carbocycles. The fourth-order valence-corrected chi connectivity index (χ4v) is 1.71. The van der Waals surface area contributed by atoms with Crippen LogP contribution in [0.4, 0.5) is 13.2 Å². The van der Waals surface area contributed by atoms with E-state index in [1.807, 2.05) is 0 Å². The quantitative estimate of drug-likeness (QED) is 0.525. The minimum Gasteiger partial charge on any atom is -0.484 e. The lowest BCUT2D eigenvalue weighted by molar-refractivity contribution is -0.153. The first-order chi connectivity index (χ1) is 8.51. The molecular weight excluding hydrogens is 265 g/mol. The SMILES string of the molecule is FC(F)(F)COc1ccc(CCCCCCl)cc1. The summed E-state index contributed by atoms with van der Waals surface area (Å²) in [6.07, 6.45) is -0.281. The molecule has 102 valence electrons. The number of benzene rings is 1. The number of rotatable bonds is 7. The molecular formula is C13H16ClF3O. The molecule has 0 N–H and O–H groups in total. The van der Waals surface area contributed by atoms with Crippen molar-refractivity contribution in [3.05, 3.63) is 29.8 Å². The summed E-state index contributed by atoms with van der Waals surface area (Å²) < 4.78 is 40.4. The van der Waals surface area contributed by atoms with Crippen LogP contribution >= 0.6 is 11.6 Å². The van der Waals surface area contributed by atoms with E-state index < -0.39 is 12.8 Å². The molecule has 18 heavy (non-hydrogen) atoms. The molecule has 5 heteroatoms. The molecule has 1 rings (SSSR count). The van der Waals surface area contributed by atoms with E-state index in [1.54, 1.807) is 24.3 Å². The summed E-state index contributed by atoms with van der Waals surface area (Å²) in [4.78, 5) is 0. The zero-order chi connectivity index (χ0) is 13.4. The first kappa shape index (κ1) is 15.2. The van der Waals surface area contributed by atoms with E-state index in [-0.39, 0.29) is 5.75 Å². The summed E-state index contributed by atoms with van der Waals surface area (Å²) in [5.41, 5.74) is 1.10. The topological polar surface area (TPSA) is 9.23 Å². The van der Waals surface area contributed by atoms with Gasteiger partial charge in [-0.25, -0.2) is 0 Å². The predicted molar refractivity (Wildman–Crippen MR) is 66.3 cm³/mol. The van der Waals surface area contributed by atoms with Crippen molar-refractivity contribution in [2.45, 2.75) is 31.9 Å². The zero-order valence-corrected chi connectivity index (χ0v) is 10.7. The first-order valence-electron chi connectivity index (χ1n) is 5.86. The van der Waals surface area contributed by atoms with Crippen LogP contribution < -0.4 is 4.74 Å². The maximum absolute atomic E-state index is 11.9. The molecule has 0 saturated heterocycles. The number of ether oxygens (including phenoxy) is 1. The summed E-state index contributed by atoms with van der Waals surface area (Å²) in [5, 5.41) is 0. The standard InChI is InChI=1S/C13H16ClF3O/c14-9-3-1-2-4-11-5-7-12(8-6-11)18-10-13(15,16)17/h5-8H,1-4,9-10H2. The monoisotopic (exact) mass is 280 g/mol. The van der Waals surface area contributed by atoms with Gasteiger partial charge in [0.05, 0.1) is 0 Å². The van der Waals surface area contributed by atoms with Gasteiger partial charge in [-0.2, -0.15) is 13.2 Å². The third-order valence-electron chi connectivity index (χ3n) is 2.42. The van der Waals surface area contributed by atoms with Crippen LogP contribution in [0, 0.1) is 0 Å². The molecule has 0 bridgehead atoms. The summed E-state index contributed by atoms with van der Waals surface area (Å²) in [6.45, 7) is -1.25. The van der Waals surface area contributed by atoms with Crippen LogP contribution in [0.3, 0.4) is 0 Å². The Labute approximate surface area is 110 Å². The molecule has 0 amide bonds. The van der Waals surface area contributed by atoms with E-state index in [0.717, 1.165) is 31.2 Å². The van der Waals surface area contributed by atoms with Crippen molar-refractivity contribution < 1.29 is 17.9 Å². The Morgan fingerprint density at radius 3 is 2.22 bits per heavy atom. The average Bonchev–Trinajstić information content (AvgIpc) is 2.33. The van der Waals surface area contributed by atoms with Gasteiger partial charge in [-0.05, 0) is 37.0 Å². The Morgan fingerprint density at radius 1 is 1.00 bits per heavy atom. The minimum atomic E-state index is -4.29. The maximum atomic E-state index is 11.9. The van der Waals surface area contributed by atoms with Gasteiger partial charge >= 0.3 is 6.18 Å². The van der Waals surface area contributed by atoms with Crippen molar-refractivity contribution in [2.24, 2.45) is 0 Å². The zero-order valence-electron chi connectivity index (χ0n) is 9.97. The van der Waals surface area contributed by atoms with Gasteiger partial charge in [0.15, 0.2) is 6.61 Å². The molecule has 0 saturated carbocycles. The van der Waals surface area contributed by atoms with E-state index >= 15 is 0 Å². The molecule has 0 heterocycles. The highest BCUT2D eigenvalue weighted by atomic mass is 35.5. The van der Waals surface area contributed by atoms with Crippen LogP contribution in [0.5, 0.6) is 5.75 Å². The fourth-order valence-electron chi connectivity index (χ4n) is 1.52. The van der Waals surface area contributed by atoms with Gasteiger partial charge < -0.3 is 4.74 Å². The second kappa shape index (κ2) is 7.52. The van der Waals surface area contributed by atoms with Gasteiger partial charge in [0.25, 0.3) is 0 Å². The largest absolute Gasteiger partial charge is 0.484 e. The number of halogens is 4. The van der Waals surface area contributed by atoms with Gasteiger partial charge in [0, 0.05) is 5.88 Å².